The van der Waals surface area contributed by atoms with Crippen LogP contribution >= 0.6 is 0 Å². The van der Waals surface area contributed by atoms with E-state index in [-0.39, 0.29) is 5.91 Å². The minimum absolute atomic E-state index is 0.0824. The van der Waals surface area contributed by atoms with Crippen LogP contribution in [-0.2, 0) is 9.59 Å². The Hall–Kier alpha value is -1.84. The number of rotatable bonds is 9. The van der Waals surface area contributed by atoms with Gasteiger partial charge in [-0.15, -0.1) is 0 Å². The van der Waals surface area contributed by atoms with Crippen molar-refractivity contribution in [3.8, 4) is 5.75 Å². The Morgan fingerprint density at radius 1 is 1.35 bits per heavy atom. The van der Waals surface area contributed by atoms with Crippen molar-refractivity contribution < 1.29 is 14.3 Å². The van der Waals surface area contributed by atoms with Crippen LogP contribution in [0.3, 0.4) is 0 Å². The Labute approximate surface area is 120 Å². The van der Waals surface area contributed by atoms with Gasteiger partial charge in [0.1, 0.15) is 18.1 Å². The predicted octanol–water partition coefficient (Wildman–Crippen LogP) is 3.02. The standard InChI is InChI=1S/C16H23NO3/c1-3-4-5-6-10-16(19)17-15(12-18)13-8-7-9-14(11-13)20-2/h7-9,11-12,15H,3-6,10H2,1-2H3,(H,17,19). The average molecular weight is 277 g/mol. The van der Waals surface area contributed by atoms with Crippen LogP contribution in [-0.4, -0.2) is 19.3 Å². The molecule has 1 aromatic carbocycles. The van der Waals surface area contributed by atoms with Crippen molar-refractivity contribution in [2.45, 2.75) is 45.1 Å². The van der Waals surface area contributed by atoms with Gasteiger partial charge in [0.15, 0.2) is 0 Å². The van der Waals surface area contributed by atoms with Crippen molar-refractivity contribution >= 4 is 12.2 Å². The number of aldehydes is 1. The second-order valence-electron chi connectivity index (χ2n) is 4.77. The fourth-order valence-corrected chi connectivity index (χ4v) is 1.99. The van der Waals surface area contributed by atoms with Gasteiger partial charge >= 0.3 is 0 Å². The molecule has 0 radical (unpaired) electrons. The van der Waals surface area contributed by atoms with Crippen LogP contribution in [0.15, 0.2) is 24.3 Å². The molecule has 1 unspecified atom stereocenters. The van der Waals surface area contributed by atoms with Gasteiger partial charge in [0.05, 0.1) is 7.11 Å². The number of carbonyl (C=O) groups excluding carboxylic acids is 2. The quantitative estimate of drug-likeness (QED) is 0.557. The molecule has 0 fully saturated rings. The van der Waals surface area contributed by atoms with Gasteiger partial charge in [-0.2, -0.15) is 0 Å². The van der Waals surface area contributed by atoms with Crippen LogP contribution in [0.2, 0.25) is 0 Å². The summed E-state index contributed by atoms with van der Waals surface area (Å²) in [5.41, 5.74) is 0.737. The minimum atomic E-state index is -0.608. The molecule has 1 rings (SSSR count). The molecule has 0 aliphatic carbocycles. The Kier molecular flexibility index (Phi) is 7.40. The Balaban J connectivity index is 2.53. The van der Waals surface area contributed by atoms with Crippen LogP contribution in [0.5, 0.6) is 5.75 Å². The lowest BCUT2D eigenvalue weighted by molar-refractivity contribution is -0.124. The van der Waals surface area contributed by atoms with Crippen LogP contribution in [0, 0.1) is 0 Å². The maximum atomic E-state index is 11.8. The van der Waals surface area contributed by atoms with Gasteiger partial charge in [-0.05, 0) is 24.1 Å². The number of carbonyl (C=O) groups is 2. The molecule has 0 saturated carbocycles. The Bertz CT molecular complexity index is 431. The highest BCUT2D eigenvalue weighted by atomic mass is 16.5. The lowest BCUT2D eigenvalue weighted by Gasteiger charge is -2.14. The summed E-state index contributed by atoms with van der Waals surface area (Å²) < 4.78 is 5.12. The molecule has 0 aromatic heterocycles. The summed E-state index contributed by atoms with van der Waals surface area (Å²) in [5.74, 6) is 0.590. The first-order valence-electron chi connectivity index (χ1n) is 7.09. The van der Waals surface area contributed by atoms with Crippen molar-refractivity contribution in [1.82, 2.24) is 5.32 Å². The zero-order chi connectivity index (χ0) is 14.8. The number of hydrogen-bond acceptors (Lipinski definition) is 3. The van der Waals surface area contributed by atoms with E-state index in [9.17, 15) is 9.59 Å². The van der Waals surface area contributed by atoms with E-state index < -0.39 is 6.04 Å². The molecule has 0 bridgehead atoms. The van der Waals surface area contributed by atoms with Crippen molar-refractivity contribution in [2.24, 2.45) is 0 Å². The summed E-state index contributed by atoms with van der Waals surface area (Å²) in [4.78, 5) is 23.0. The zero-order valence-electron chi connectivity index (χ0n) is 12.2. The lowest BCUT2D eigenvalue weighted by Crippen LogP contribution is -2.29. The van der Waals surface area contributed by atoms with Crippen LogP contribution in [0.4, 0.5) is 0 Å². The maximum Gasteiger partial charge on any atom is 0.220 e. The largest absolute Gasteiger partial charge is 0.497 e. The number of unbranched alkanes of at least 4 members (excludes halogenated alkanes) is 3. The van der Waals surface area contributed by atoms with E-state index in [1.807, 2.05) is 0 Å². The molecule has 0 saturated heterocycles. The highest BCUT2D eigenvalue weighted by molar-refractivity contribution is 5.80. The van der Waals surface area contributed by atoms with E-state index in [0.29, 0.717) is 12.2 Å². The van der Waals surface area contributed by atoms with Gasteiger partial charge in [-0.25, -0.2) is 0 Å². The molecular weight excluding hydrogens is 254 g/mol. The van der Waals surface area contributed by atoms with Gasteiger partial charge in [0.25, 0.3) is 0 Å². The summed E-state index contributed by atoms with van der Waals surface area (Å²) in [6.45, 7) is 2.13. The van der Waals surface area contributed by atoms with E-state index in [4.69, 9.17) is 4.74 Å². The molecule has 1 aromatic rings. The highest BCUT2D eigenvalue weighted by Crippen LogP contribution is 2.18. The molecular formula is C16H23NO3. The number of hydrogen-bond donors (Lipinski definition) is 1. The summed E-state index contributed by atoms with van der Waals surface area (Å²) >= 11 is 0. The lowest BCUT2D eigenvalue weighted by atomic mass is 10.1. The molecule has 20 heavy (non-hydrogen) atoms. The molecule has 110 valence electrons. The SMILES string of the molecule is CCCCCCC(=O)NC(C=O)c1cccc(OC)c1. The first-order valence-corrected chi connectivity index (χ1v) is 7.09. The summed E-state index contributed by atoms with van der Waals surface area (Å²) in [6.07, 6.45) is 5.41. The first kappa shape index (κ1) is 16.2. The molecule has 0 aliphatic rings. The molecule has 1 atom stereocenters. The fourth-order valence-electron chi connectivity index (χ4n) is 1.99. The molecule has 0 spiro atoms. The number of methoxy groups -OCH3 is 1. The van der Waals surface area contributed by atoms with Gasteiger partial charge in [-0.1, -0.05) is 38.3 Å². The van der Waals surface area contributed by atoms with Gasteiger partial charge in [-0.3, -0.25) is 4.79 Å². The van der Waals surface area contributed by atoms with E-state index in [2.05, 4.69) is 12.2 Å². The third-order valence-electron chi connectivity index (χ3n) is 3.16. The van der Waals surface area contributed by atoms with E-state index in [1.165, 1.54) is 0 Å². The van der Waals surface area contributed by atoms with Gasteiger partial charge in [0.2, 0.25) is 5.91 Å². The second kappa shape index (κ2) is 9.13. The summed E-state index contributed by atoms with van der Waals surface area (Å²) in [6, 6.07) is 6.56. The van der Waals surface area contributed by atoms with Crippen LogP contribution in [0.25, 0.3) is 0 Å². The second-order valence-corrected chi connectivity index (χ2v) is 4.77. The number of nitrogens with one attached hydrogen (secondary N) is 1. The highest BCUT2D eigenvalue weighted by Gasteiger charge is 2.13. The molecule has 0 heterocycles. The molecule has 1 amide bonds. The van der Waals surface area contributed by atoms with E-state index >= 15 is 0 Å². The molecule has 4 nitrogen and oxygen atoms in total. The predicted molar refractivity (Wildman–Crippen MR) is 78.7 cm³/mol. The van der Waals surface area contributed by atoms with E-state index in [0.717, 1.165) is 37.5 Å². The molecule has 0 aliphatic heterocycles. The van der Waals surface area contributed by atoms with Crippen molar-refractivity contribution in [3.63, 3.8) is 0 Å². The van der Waals surface area contributed by atoms with Crippen molar-refractivity contribution in [2.75, 3.05) is 7.11 Å². The van der Waals surface area contributed by atoms with Gasteiger partial charge < -0.3 is 14.8 Å². The summed E-state index contributed by atoms with van der Waals surface area (Å²) in [5, 5.41) is 2.75. The zero-order valence-corrected chi connectivity index (χ0v) is 12.2. The third-order valence-corrected chi connectivity index (χ3v) is 3.16. The van der Waals surface area contributed by atoms with E-state index in [1.54, 1.807) is 31.4 Å². The van der Waals surface area contributed by atoms with Crippen LogP contribution in [0.1, 0.15) is 50.6 Å². The topological polar surface area (TPSA) is 55.4 Å². The summed E-state index contributed by atoms with van der Waals surface area (Å²) in [7, 11) is 1.57. The third kappa shape index (κ3) is 5.43. The van der Waals surface area contributed by atoms with Gasteiger partial charge in [0, 0.05) is 6.42 Å². The number of ether oxygens (including phenoxy) is 1. The minimum Gasteiger partial charge on any atom is -0.497 e. The smallest absolute Gasteiger partial charge is 0.220 e. The van der Waals surface area contributed by atoms with Crippen molar-refractivity contribution in [1.29, 1.82) is 0 Å². The number of amides is 1. The van der Waals surface area contributed by atoms with Crippen molar-refractivity contribution in [3.05, 3.63) is 29.8 Å². The number of benzene rings is 1. The monoisotopic (exact) mass is 277 g/mol. The molecule has 4 heteroatoms. The first-order chi connectivity index (χ1) is 9.71. The fraction of sp³-hybridized carbons (Fsp3) is 0.500. The molecule has 1 N–H and O–H groups in total. The normalized spacial score (nSPS) is 11.7. The van der Waals surface area contributed by atoms with Crippen LogP contribution < -0.4 is 10.1 Å². The maximum absolute atomic E-state index is 11.8. The Morgan fingerprint density at radius 2 is 2.15 bits per heavy atom. The Morgan fingerprint density at radius 3 is 2.80 bits per heavy atom. The average Bonchev–Trinajstić information content (AvgIpc) is 2.49.